The molecule has 4 rings (SSSR count). The molecule has 4 heteroatoms. The van der Waals surface area contributed by atoms with Crippen LogP contribution in [0.4, 0.5) is 11.4 Å². The van der Waals surface area contributed by atoms with Gasteiger partial charge in [-0.25, -0.2) is 0 Å². The molecule has 0 amide bonds. The summed E-state index contributed by atoms with van der Waals surface area (Å²) in [5.74, 6) is 0. The van der Waals surface area contributed by atoms with Gasteiger partial charge in [-0.3, -0.25) is 4.90 Å². The van der Waals surface area contributed by atoms with E-state index in [1.54, 1.807) is 0 Å². The van der Waals surface area contributed by atoms with Gasteiger partial charge in [-0.1, -0.05) is 37.3 Å². The van der Waals surface area contributed by atoms with Crippen LogP contribution in [0, 0.1) is 0 Å². The molecule has 2 aromatic carbocycles. The van der Waals surface area contributed by atoms with Crippen LogP contribution in [0.5, 0.6) is 0 Å². The van der Waals surface area contributed by atoms with Crippen molar-refractivity contribution in [2.24, 2.45) is 0 Å². The molecule has 0 aromatic heterocycles. The van der Waals surface area contributed by atoms with Crippen LogP contribution < -0.4 is 10.6 Å². The lowest BCUT2D eigenvalue weighted by Gasteiger charge is -2.44. The lowest BCUT2D eigenvalue weighted by molar-refractivity contribution is 0.0396. The number of nitrogens with two attached hydrogens (primary N) is 1. The van der Waals surface area contributed by atoms with Crippen molar-refractivity contribution in [2.45, 2.75) is 38.3 Å². The molecule has 2 aliphatic rings. The standard InChI is InChI=1S/C22H29N3O/c1-2-16-6-3-4-9-20(16)24-10-12-25(13-11-24)21-14-17-7-5-8-19(23)18(17)15-22(21)26/h3-9,21-22,26H,2,10-15,23H2,1H3/t21-,22-/m1/s1. The van der Waals surface area contributed by atoms with Gasteiger partial charge in [0.15, 0.2) is 0 Å². The highest BCUT2D eigenvalue weighted by Crippen LogP contribution is 2.30. The van der Waals surface area contributed by atoms with Gasteiger partial charge in [-0.15, -0.1) is 0 Å². The van der Waals surface area contributed by atoms with E-state index in [1.807, 2.05) is 12.1 Å². The van der Waals surface area contributed by atoms with Gasteiger partial charge in [0, 0.05) is 50.0 Å². The van der Waals surface area contributed by atoms with Crippen LogP contribution in [0.25, 0.3) is 0 Å². The van der Waals surface area contributed by atoms with Crippen molar-refractivity contribution in [3.05, 3.63) is 59.2 Å². The number of rotatable bonds is 3. The molecule has 0 saturated carbocycles. The van der Waals surface area contributed by atoms with E-state index in [9.17, 15) is 5.11 Å². The number of aliphatic hydroxyl groups is 1. The topological polar surface area (TPSA) is 52.7 Å². The van der Waals surface area contributed by atoms with Gasteiger partial charge in [0.25, 0.3) is 0 Å². The average molecular weight is 351 g/mol. The van der Waals surface area contributed by atoms with Crippen LogP contribution in [-0.2, 0) is 19.3 Å². The first-order valence-electron chi connectivity index (χ1n) is 9.78. The van der Waals surface area contributed by atoms with Crippen LogP contribution in [-0.4, -0.2) is 48.3 Å². The Morgan fingerprint density at radius 1 is 1.00 bits per heavy atom. The molecular weight excluding hydrogens is 322 g/mol. The molecule has 138 valence electrons. The minimum absolute atomic E-state index is 0.202. The molecule has 26 heavy (non-hydrogen) atoms. The molecule has 0 radical (unpaired) electrons. The second kappa shape index (κ2) is 7.29. The summed E-state index contributed by atoms with van der Waals surface area (Å²) in [6.45, 7) is 6.25. The zero-order valence-electron chi connectivity index (χ0n) is 15.6. The number of fused-ring (bicyclic) bond motifs is 1. The monoisotopic (exact) mass is 351 g/mol. The highest BCUT2D eigenvalue weighted by atomic mass is 16.3. The molecule has 2 atom stereocenters. The van der Waals surface area contributed by atoms with E-state index in [-0.39, 0.29) is 12.1 Å². The summed E-state index contributed by atoms with van der Waals surface area (Å²) in [5, 5.41) is 10.7. The highest BCUT2D eigenvalue weighted by Gasteiger charge is 2.34. The number of nitrogens with zero attached hydrogens (tertiary/aromatic N) is 2. The molecule has 0 spiro atoms. The van der Waals surface area contributed by atoms with E-state index in [1.165, 1.54) is 16.8 Å². The van der Waals surface area contributed by atoms with Gasteiger partial charge in [0.05, 0.1) is 6.10 Å². The van der Waals surface area contributed by atoms with E-state index in [0.29, 0.717) is 6.42 Å². The summed E-state index contributed by atoms with van der Waals surface area (Å²) in [4.78, 5) is 4.97. The third-order valence-electron chi connectivity index (χ3n) is 6.09. The van der Waals surface area contributed by atoms with Crippen molar-refractivity contribution in [2.75, 3.05) is 36.8 Å². The largest absolute Gasteiger partial charge is 0.398 e. The Bertz CT molecular complexity index is 768. The van der Waals surface area contributed by atoms with Gasteiger partial charge in [-0.2, -0.15) is 0 Å². The number of anilines is 2. The molecule has 1 heterocycles. The summed E-state index contributed by atoms with van der Waals surface area (Å²) < 4.78 is 0. The molecule has 1 fully saturated rings. The van der Waals surface area contributed by atoms with Crippen LogP contribution in [0.1, 0.15) is 23.6 Å². The second-order valence-electron chi connectivity index (χ2n) is 7.53. The van der Waals surface area contributed by atoms with Gasteiger partial charge < -0.3 is 15.7 Å². The van der Waals surface area contributed by atoms with Crippen LogP contribution in [0.3, 0.4) is 0 Å². The minimum Gasteiger partial charge on any atom is -0.398 e. The van der Waals surface area contributed by atoms with Gasteiger partial charge in [-0.05, 0) is 41.7 Å². The number of para-hydroxylation sites is 1. The third-order valence-corrected chi connectivity index (χ3v) is 6.09. The lowest BCUT2D eigenvalue weighted by atomic mass is 9.84. The van der Waals surface area contributed by atoms with Crippen LogP contribution in [0.15, 0.2) is 42.5 Å². The number of benzene rings is 2. The summed E-state index contributed by atoms with van der Waals surface area (Å²) in [6, 6.07) is 15.1. The normalized spacial score (nSPS) is 23.7. The van der Waals surface area contributed by atoms with E-state index in [4.69, 9.17) is 5.73 Å². The predicted molar refractivity (Wildman–Crippen MR) is 108 cm³/mol. The van der Waals surface area contributed by atoms with Gasteiger partial charge in [0.2, 0.25) is 0 Å². The summed E-state index contributed by atoms with van der Waals surface area (Å²) in [5.41, 5.74) is 12.2. The second-order valence-corrected chi connectivity index (χ2v) is 7.53. The first kappa shape index (κ1) is 17.4. The van der Waals surface area contributed by atoms with Crippen molar-refractivity contribution in [3.63, 3.8) is 0 Å². The Morgan fingerprint density at radius 3 is 2.54 bits per heavy atom. The number of aryl methyl sites for hydroxylation is 1. The van der Waals surface area contributed by atoms with Crippen LogP contribution in [0.2, 0.25) is 0 Å². The Labute approximate surface area is 156 Å². The Morgan fingerprint density at radius 2 is 1.77 bits per heavy atom. The molecule has 1 aliphatic heterocycles. The minimum atomic E-state index is -0.332. The van der Waals surface area contributed by atoms with E-state index >= 15 is 0 Å². The Kier molecular flexibility index (Phi) is 4.88. The van der Waals surface area contributed by atoms with Crippen LogP contribution >= 0.6 is 0 Å². The maximum absolute atomic E-state index is 10.7. The fourth-order valence-corrected chi connectivity index (χ4v) is 4.59. The van der Waals surface area contributed by atoms with Crippen molar-refractivity contribution >= 4 is 11.4 Å². The van der Waals surface area contributed by atoms with Gasteiger partial charge in [0.1, 0.15) is 0 Å². The van der Waals surface area contributed by atoms with Crippen molar-refractivity contribution in [3.8, 4) is 0 Å². The van der Waals surface area contributed by atoms with E-state index in [0.717, 1.165) is 50.3 Å². The zero-order chi connectivity index (χ0) is 18.1. The summed E-state index contributed by atoms with van der Waals surface area (Å²) >= 11 is 0. The number of piperazine rings is 1. The maximum Gasteiger partial charge on any atom is 0.0739 e. The molecule has 1 aliphatic carbocycles. The van der Waals surface area contributed by atoms with Gasteiger partial charge >= 0.3 is 0 Å². The van der Waals surface area contributed by atoms with Crippen molar-refractivity contribution in [1.82, 2.24) is 4.90 Å². The first-order valence-corrected chi connectivity index (χ1v) is 9.78. The molecule has 3 N–H and O–H groups in total. The smallest absolute Gasteiger partial charge is 0.0739 e. The number of hydrogen-bond donors (Lipinski definition) is 2. The van der Waals surface area contributed by atoms with E-state index in [2.05, 4.69) is 47.1 Å². The van der Waals surface area contributed by atoms with Crippen molar-refractivity contribution < 1.29 is 5.11 Å². The first-order chi connectivity index (χ1) is 12.7. The number of nitrogen functional groups attached to an aromatic ring is 1. The Hall–Kier alpha value is -2.04. The highest BCUT2D eigenvalue weighted by molar-refractivity contribution is 5.54. The summed E-state index contributed by atoms with van der Waals surface area (Å²) in [7, 11) is 0. The summed E-state index contributed by atoms with van der Waals surface area (Å²) in [6.07, 6.45) is 2.30. The molecule has 0 bridgehead atoms. The van der Waals surface area contributed by atoms with E-state index < -0.39 is 0 Å². The molecule has 1 saturated heterocycles. The van der Waals surface area contributed by atoms with Crippen molar-refractivity contribution in [1.29, 1.82) is 0 Å². The number of aliphatic hydroxyl groups excluding tert-OH is 1. The third kappa shape index (κ3) is 3.19. The number of hydrogen-bond acceptors (Lipinski definition) is 4. The fourth-order valence-electron chi connectivity index (χ4n) is 4.59. The predicted octanol–water partition coefficient (Wildman–Crippen LogP) is 2.48. The molecule has 2 aromatic rings. The molecule has 0 unspecified atom stereocenters. The average Bonchev–Trinajstić information content (AvgIpc) is 2.68. The molecular formula is C22H29N3O. The molecule has 4 nitrogen and oxygen atoms in total. The fraction of sp³-hybridized carbons (Fsp3) is 0.455. The zero-order valence-corrected chi connectivity index (χ0v) is 15.6. The quantitative estimate of drug-likeness (QED) is 0.834. The SMILES string of the molecule is CCc1ccccc1N1CCN([C@@H]2Cc3cccc(N)c3C[C@H]2O)CC1. The Balaban J connectivity index is 1.45. The lowest BCUT2D eigenvalue weighted by Crippen LogP contribution is -2.56. The maximum atomic E-state index is 10.7.